The van der Waals surface area contributed by atoms with Crippen LogP contribution >= 0.6 is 0 Å². The summed E-state index contributed by atoms with van der Waals surface area (Å²) < 4.78 is 11.3. The number of aliphatic hydroxyl groups is 1. The van der Waals surface area contributed by atoms with E-state index in [4.69, 9.17) is 9.47 Å². The Labute approximate surface area is 108 Å². The van der Waals surface area contributed by atoms with Gasteiger partial charge in [-0.1, -0.05) is 30.4 Å². The van der Waals surface area contributed by atoms with E-state index in [9.17, 15) is 5.11 Å². The fourth-order valence-electron chi connectivity index (χ4n) is 3.84. The molecule has 0 saturated heterocycles. The molecule has 98 valence electrons. The number of rotatable bonds is 3. The number of allylic oxidation sites excluding steroid dienone is 3. The molecule has 3 aliphatic rings. The molecule has 1 fully saturated rings. The van der Waals surface area contributed by atoms with E-state index in [0.717, 1.165) is 18.4 Å². The highest BCUT2D eigenvalue weighted by atomic mass is 16.7. The van der Waals surface area contributed by atoms with Gasteiger partial charge in [-0.3, -0.25) is 0 Å². The Balaban J connectivity index is 1.99. The third kappa shape index (κ3) is 1.35. The van der Waals surface area contributed by atoms with Gasteiger partial charge in [0.05, 0.1) is 11.5 Å². The van der Waals surface area contributed by atoms with Gasteiger partial charge < -0.3 is 14.6 Å². The molecule has 0 aromatic rings. The quantitative estimate of drug-likeness (QED) is 0.614. The average molecular weight is 248 g/mol. The minimum atomic E-state index is -0.809. The predicted octanol–water partition coefficient (Wildman–Crippen LogP) is 2.19. The van der Waals surface area contributed by atoms with Gasteiger partial charge in [0.2, 0.25) is 0 Å². The van der Waals surface area contributed by atoms with Gasteiger partial charge >= 0.3 is 0 Å². The van der Waals surface area contributed by atoms with E-state index in [0.29, 0.717) is 6.42 Å². The Morgan fingerprint density at radius 1 is 1.28 bits per heavy atom. The average Bonchev–Trinajstić information content (AvgIpc) is 2.90. The third-order valence-electron chi connectivity index (χ3n) is 4.74. The monoisotopic (exact) mass is 248 g/mol. The van der Waals surface area contributed by atoms with Crippen molar-refractivity contribution in [3.63, 3.8) is 0 Å². The summed E-state index contributed by atoms with van der Waals surface area (Å²) in [4.78, 5) is 0. The van der Waals surface area contributed by atoms with Crippen LogP contribution in [0, 0.1) is 11.8 Å². The first-order valence-corrected chi connectivity index (χ1v) is 6.54. The first-order valence-electron chi connectivity index (χ1n) is 6.54. The van der Waals surface area contributed by atoms with Crippen molar-refractivity contribution < 1.29 is 14.6 Å². The van der Waals surface area contributed by atoms with Gasteiger partial charge in [0.25, 0.3) is 0 Å². The molecular weight excluding hydrogens is 228 g/mol. The smallest absolute Gasteiger partial charge is 0.183 e. The summed E-state index contributed by atoms with van der Waals surface area (Å²) in [7, 11) is 3.33. The van der Waals surface area contributed by atoms with E-state index in [-0.39, 0.29) is 11.8 Å². The predicted molar refractivity (Wildman–Crippen MR) is 68.9 cm³/mol. The van der Waals surface area contributed by atoms with Crippen molar-refractivity contribution in [1.82, 2.24) is 0 Å². The summed E-state index contributed by atoms with van der Waals surface area (Å²) in [6.45, 7) is 0. The van der Waals surface area contributed by atoms with E-state index < -0.39 is 11.4 Å². The van der Waals surface area contributed by atoms with Crippen molar-refractivity contribution in [3.05, 3.63) is 36.0 Å². The highest BCUT2D eigenvalue weighted by Crippen LogP contribution is 2.58. The molecule has 3 unspecified atom stereocenters. The molecule has 0 heterocycles. The number of fused-ring (bicyclic) bond motifs is 2. The van der Waals surface area contributed by atoms with Gasteiger partial charge in [0, 0.05) is 20.1 Å². The van der Waals surface area contributed by atoms with Crippen LogP contribution in [0.3, 0.4) is 0 Å². The van der Waals surface area contributed by atoms with Crippen LogP contribution in [0.2, 0.25) is 0 Å². The zero-order chi connectivity index (χ0) is 12.8. The summed E-state index contributed by atoms with van der Waals surface area (Å²) in [5.41, 5.74) is 0.302. The maximum Gasteiger partial charge on any atom is 0.183 e. The molecule has 0 aromatic carbocycles. The van der Waals surface area contributed by atoms with Gasteiger partial charge in [0.1, 0.15) is 0 Å². The Morgan fingerprint density at radius 3 is 2.61 bits per heavy atom. The third-order valence-corrected chi connectivity index (χ3v) is 4.74. The number of ether oxygens (including phenoxy) is 2. The molecule has 0 amide bonds. The Bertz CT molecular complexity index is 431. The normalized spacial score (nSPS) is 40.3. The van der Waals surface area contributed by atoms with E-state index in [1.807, 2.05) is 12.2 Å². The molecule has 2 bridgehead atoms. The van der Waals surface area contributed by atoms with Crippen LogP contribution < -0.4 is 0 Å². The lowest BCUT2D eigenvalue weighted by Gasteiger charge is -2.37. The van der Waals surface area contributed by atoms with Gasteiger partial charge in [-0.05, 0) is 24.8 Å². The highest BCUT2D eigenvalue weighted by molar-refractivity contribution is 5.37. The van der Waals surface area contributed by atoms with Crippen LogP contribution in [0.5, 0.6) is 0 Å². The standard InChI is InChI=1S/C15H20O3/c1-17-15(18-2)12-8-9-13(15)14(16,10-12)11-6-4-3-5-7-11/h3-4,6,8-9,12-13,16H,5,7,10H2,1-2H3. The van der Waals surface area contributed by atoms with Crippen LogP contribution in [0.4, 0.5) is 0 Å². The van der Waals surface area contributed by atoms with Crippen LogP contribution in [0.15, 0.2) is 36.0 Å². The maximum atomic E-state index is 11.1. The second-order valence-corrected chi connectivity index (χ2v) is 5.39. The fourth-order valence-corrected chi connectivity index (χ4v) is 3.84. The topological polar surface area (TPSA) is 38.7 Å². The molecular formula is C15H20O3. The van der Waals surface area contributed by atoms with Crippen LogP contribution in [-0.2, 0) is 9.47 Å². The van der Waals surface area contributed by atoms with Crippen LogP contribution in [0.25, 0.3) is 0 Å². The van der Waals surface area contributed by atoms with Gasteiger partial charge in [-0.2, -0.15) is 0 Å². The Hall–Kier alpha value is -0.900. The van der Waals surface area contributed by atoms with Gasteiger partial charge in [0.15, 0.2) is 5.79 Å². The zero-order valence-corrected chi connectivity index (χ0v) is 10.9. The van der Waals surface area contributed by atoms with Crippen molar-refractivity contribution in [1.29, 1.82) is 0 Å². The van der Waals surface area contributed by atoms with Crippen LogP contribution in [-0.4, -0.2) is 30.7 Å². The molecule has 0 radical (unpaired) electrons. The molecule has 3 atom stereocenters. The SMILES string of the molecule is COC1(OC)C2C=CC1C(O)(C1=CC=CCC1)C2. The molecule has 1 saturated carbocycles. The molecule has 3 rings (SSSR count). The number of hydrogen-bond acceptors (Lipinski definition) is 3. The molecule has 18 heavy (non-hydrogen) atoms. The second kappa shape index (κ2) is 4.05. The Kier molecular flexibility index (Phi) is 2.73. The van der Waals surface area contributed by atoms with Crippen molar-refractivity contribution in [2.45, 2.75) is 30.7 Å². The summed E-state index contributed by atoms with van der Waals surface area (Å²) in [6, 6.07) is 0. The number of hydrogen-bond donors (Lipinski definition) is 1. The lowest BCUT2D eigenvalue weighted by atomic mass is 9.78. The molecule has 0 aliphatic heterocycles. The minimum absolute atomic E-state index is 0.109. The summed E-state index contributed by atoms with van der Waals surface area (Å²) in [6.07, 6.45) is 13.0. The fraction of sp³-hybridized carbons (Fsp3) is 0.600. The largest absolute Gasteiger partial charge is 0.385 e. The first-order chi connectivity index (χ1) is 8.67. The van der Waals surface area contributed by atoms with Crippen molar-refractivity contribution in [2.24, 2.45) is 11.8 Å². The minimum Gasteiger partial charge on any atom is -0.385 e. The maximum absolute atomic E-state index is 11.1. The summed E-state index contributed by atoms with van der Waals surface area (Å²) in [5, 5.41) is 11.1. The molecule has 1 N–H and O–H groups in total. The molecule has 0 aromatic heterocycles. The number of methoxy groups -OCH3 is 2. The lowest BCUT2D eigenvalue weighted by Crippen LogP contribution is -2.46. The van der Waals surface area contributed by atoms with E-state index >= 15 is 0 Å². The zero-order valence-electron chi connectivity index (χ0n) is 10.9. The summed E-state index contributed by atoms with van der Waals surface area (Å²) in [5.74, 6) is -0.659. The van der Waals surface area contributed by atoms with Crippen LogP contribution in [0.1, 0.15) is 19.3 Å². The lowest BCUT2D eigenvalue weighted by molar-refractivity contribution is -0.238. The highest BCUT2D eigenvalue weighted by Gasteiger charge is 2.65. The van der Waals surface area contributed by atoms with E-state index in [2.05, 4.69) is 18.2 Å². The van der Waals surface area contributed by atoms with Crippen molar-refractivity contribution >= 4 is 0 Å². The van der Waals surface area contributed by atoms with E-state index in [1.165, 1.54) is 0 Å². The molecule has 3 heteroatoms. The van der Waals surface area contributed by atoms with Gasteiger partial charge in [-0.25, -0.2) is 0 Å². The second-order valence-electron chi connectivity index (χ2n) is 5.39. The first kappa shape index (κ1) is 12.2. The van der Waals surface area contributed by atoms with E-state index in [1.54, 1.807) is 14.2 Å². The van der Waals surface area contributed by atoms with Crippen molar-refractivity contribution in [3.8, 4) is 0 Å². The van der Waals surface area contributed by atoms with Crippen molar-refractivity contribution in [2.75, 3.05) is 14.2 Å². The molecule has 0 spiro atoms. The van der Waals surface area contributed by atoms with Gasteiger partial charge in [-0.15, -0.1) is 0 Å². The molecule has 3 aliphatic carbocycles. The molecule has 3 nitrogen and oxygen atoms in total. The Morgan fingerprint density at radius 2 is 2.06 bits per heavy atom. The summed E-state index contributed by atoms with van der Waals surface area (Å²) >= 11 is 0.